The van der Waals surface area contributed by atoms with Crippen molar-refractivity contribution in [2.75, 3.05) is 17.7 Å². The number of hydrogen-bond acceptors (Lipinski definition) is 4. The molecule has 0 spiro atoms. The Morgan fingerprint density at radius 2 is 2.06 bits per heavy atom. The van der Waals surface area contributed by atoms with E-state index in [-0.39, 0.29) is 0 Å². The van der Waals surface area contributed by atoms with E-state index in [1.54, 1.807) is 0 Å². The summed E-state index contributed by atoms with van der Waals surface area (Å²) in [6.45, 7) is 6.75. The average Bonchev–Trinajstić information content (AvgIpc) is 2.37. The van der Waals surface area contributed by atoms with Crippen LogP contribution in [0.1, 0.15) is 38.7 Å². The van der Waals surface area contributed by atoms with Gasteiger partial charge in [0.05, 0.1) is 0 Å². The predicted molar refractivity (Wildman–Crippen MR) is 75.9 cm³/mol. The molecule has 0 aliphatic heterocycles. The van der Waals surface area contributed by atoms with E-state index in [0.717, 1.165) is 17.3 Å². The van der Waals surface area contributed by atoms with Crippen LogP contribution in [0.4, 0.5) is 11.8 Å². The lowest BCUT2D eigenvalue weighted by Gasteiger charge is -2.35. The minimum absolute atomic E-state index is 0.534. The van der Waals surface area contributed by atoms with Crippen LogP contribution in [0.5, 0.6) is 0 Å². The fourth-order valence-corrected chi connectivity index (χ4v) is 2.67. The highest BCUT2D eigenvalue weighted by atomic mass is 15.1. The molecule has 1 aromatic rings. The van der Waals surface area contributed by atoms with Crippen LogP contribution < -0.4 is 10.6 Å². The van der Waals surface area contributed by atoms with E-state index in [4.69, 9.17) is 0 Å². The molecule has 0 aromatic carbocycles. The van der Waals surface area contributed by atoms with Crippen molar-refractivity contribution in [3.63, 3.8) is 0 Å². The molecule has 0 radical (unpaired) electrons. The van der Waals surface area contributed by atoms with Gasteiger partial charge >= 0.3 is 0 Å². The van der Waals surface area contributed by atoms with Gasteiger partial charge in [0.15, 0.2) is 0 Å². The van der Waals surface area contributed by atoms with Crippen molar-refractivity contribution < 1.29 is 0 Å². The molecule has 18 heavy (non-hydrogen) atoms. The molecule has 1 aliphatic rings. The lowest BCUT2D eigenvalue weighted by Crippen LogP contribution is -2.35. The molecule has 1 aromatic heterocycles. The zero-order chi connectivity index (χ0) is 13.1. The summed E-state index contributed by atoms with van der Waals surface area (Å²) in [6.07, 6.45) is 5.78. The van der Waals surface area contributed by atoms with Crippen LogP contribution in [0.3, 0.4) is 0 Å². The Hall–Kier alpha value is -1.32. The van der Waals surface area contributed by atoms with Gasteiger partial charge in [0.2, 0.25) is 5.95 Å². The largest absolute Gasteiger partial charge is 0.367 e. The molecule has 0 amide bonds. The number of aryl methyl sites for hydroxylation is 1. The number of hydrogen-bond donors (Lipinski definition) is 2. The van der Waals surface area contributed by atoms with E-state index >= 15 is 0 Å². The molecule has 3 atom stereocenters. The van der Waals surface area contributed by atoms with Gasteiger partial charge in [0.25, 0.3) is 0 Å². The Balaban J connectivity index is 2.12. The maximum atomic E-state index is 4.51. The van der Waals surface area contributed by atoms with Gasteiger partial charge in [-0.25, -0.2) is 4.98 Å². The number of aromatic nitrogens is 2. The van der Waals surface area contributed by atoms with Crippen LogP contribution in [0.15, 0.2) is 6.20 Å². The monoisotopic (exact) mass is 248 g/mol. The lowest BCUT2D eigenvalue weighted by atomic mass is 9.78. The standard InChI is InChI=1S/C14H24N4/c1-9-6-5-7-12(11(9)3)17-13-10(2)8-16-14(15-4)18-13/h8-9,11-12H,5-7H2,1-4H3,(H2,15,16,17,18). The Kier molecular flexibility index (Phi) is 4.04. The first-order valence-corrected chi connectivity index (χ1v) is 6.89. The number of nitrogens with zero attached hydrogens (tertiary/aromatic N) is 2. The molecule has 4 heteroatoms. The van der Waals surface area contributed by atoms with Crippen molar-refractivity contribution in [2.24, 2.45) is 11.8 Å². The highest BCUT2D eigenvalue weighted by Crippen LogP contribution is 2.31. The van der Waals surface area contributed by atoms with Gasteiger partial charge in [-0.1, -0.05) is 26.7 Å². The van der Waals surface area contributed by atoms with Crippen LogP contribution in [-0.4, -0.2) is 23.1 Å². The van der Waals surface area contributed by atoms with Gasteiger partial charge in [0, 0.05) is 24.8 Å². The van der Waals surface area contributed by atoms with E-state index in [9.17, 15) is 0 Å². The van der Waals surface area contributed by atoms with Gasteiger partial charge in [0.1, 0.15) is 5.82 Å². The molecule has 100 valence electrons. The zero-order valence-corrected chi connectivity index (χ0v) is 11.8. The molecule has 3 unspecified atom stereocenters. The maximum Gasteiger partial charge on any atom is 0.224 e. The summed E-state index contributed by atoms with van der Waals surface area (Å²) in [4.78, 5) is 8.73. The smallest absolute Gasteiger partial charge is 0.224 e. The van der Waals surface area contributed by atoms with E-state index in [2.05, 4.69) is 41.4 Å². The predicted octanol–water partition coefficient (Wildman–Crippen LogP) is 3.06. The molecular formula is C14H24N4. The fraction of sp³-hybridized carbons (Fsp3) is 0.714. The quantitative estimate of drug-likeness (QED) is 0.863. The molecule has 4 nitrogen and oxygen atoms in total. The highest BCUT2D eigenvalue weighted by Gasteiger charge is 2.27. The molecule has 0 bridgehead atoms. The van der Waals surface area contributed by atoms with Crippen LogP contribution in [-0.2, 0) is 0 Å². The first kappa shape index (κ1) is 13.1. The van der Waals surface area contributed by atoms with Crippen LogP contribution in [0.2, 0.25) is 0 Å². The van der Waals surface area contributed by atoms with Crippen molar-refractivity contribution in [1.29, 1.82) is 0 Å². The molecule has 2 rings (SSSR count). The van der Waals surface area contributed by atoms with Crippen molar-refractivity contribution in [3.8, 4) is 0 Å². The third-order valence-corrected chi connectivity index (χ3v) is 4.22. The Morgan fingerprint density at radius 3 is 2.78 bits per heavy atom. The first-order valence-electron chi connectivity index (χ1n) is 6.89. The molecule has 1 heterocycles. The number of rotatable bonds is 3. The molecule has 1 aliphatic carbocycles. The molecule has 0 saturated heterocycles. The average molecular weight is 248 g/mol. The van der Waals surface area contributed by atoms with Crippen LogP contribution in [0, 0.1) is 18.8 Å². The second-order valence-electron chi connectivity index (χ2n) is 5.49. The van der Waals surface area contributed by atoms with Crippen molar-refractivity contribution in [1.82, 2.24) is 9.97 Å². The van der Waals surface area contributed by atoms with Gasteiger partial charge in [-0.3, -0.25) is 0 Å². The third kappa shape index (κ3) is 2.74. The molecule has 1 saturated carbocycles. The van der Waals surface area contributed by atoms with Crippen LogP contribution >= 0.6 is 0 Å². The molecule has 2 N–H and O–H groups in total. The minimum Gasteiger partial charge on any atom is -0.367 e. The first-order chi connectivity index (χ1) is 8.61. The van der Waals surface area contributed by atoms with Gasteiger partial charge in [-0.05, 0) is 25.2 Å². The zero-order valence-electron chi connectivity index (χ0n) is 11.8. The topological polar surface area (TPSA) is 49.8 Å². The summed E-state index contributed by atoms with van der Waals surface area (Å²) in [5.41, 5.74) is 1.11. The SMILES string of the molecule is CNc1ncc(C)c(NC2CCCC(C)C2C)n1. The Bertz CT molecular complexity index is 405. The van der Waals surface area contributed by atoms with Crippen LogP contribution in [0.25, 0.3) is 0 Å². The number of anilines is 2. The third-order valence-electron chi connectivity index (χ3n) is 4.22. The summed E-state index contributed by atoms with van der Waals surface area (Å²) in [6, 6.07) is 0.534. The van der Waals surface area contributed by atoms with Gasteiger partial charge in [-0.15, -0.1) is 0 Å². The Labute approximate surface area is 110 Å². The Morgan fingerprint density at radius 1 is 1.28 bits per heavy atom. The van der Waals surface area contributed by atoms with Crippen molar-refractivity contribution in [2.45, 2.75) is 46.1 Å². The summed E-state index contributed by atoms with van der Waals surface area (Å²) < 4.78 is 0. The minimum atomic E-state index is 0.534. The highest BCUT2D eigenvalue weighted by molar-refractivity contribution is 5.47. The van der Waals surface area contributed by atoms with Crippen molar-refractivity contribution >= 4 is 11.8 Å². The summed E-state index contributed by atoms with van der Waals surface area (Å²) in [5.74, 6) is 3.15. The second kappa shape index (κ2) is 5.55. The van der Waals surface area contributed by atoms with E-state index in [0.29, 0.717) is 17.9 Å². The van der Waals surface area contributed by atoms with E-state index in [1.165, 1.54) is 19.3 Å². The normalized spacial score (nSPS) is 27.9. The van der Waals surface area contributed by atoms with Gasteiger partial charge < -0.3 is 10.6 Å². The molecule has 1 fully saturated rings. The van der Waals surface area contributed by atoms with Crippen molar-refractivity contribution in [3.05, 3.63) is 11.8 Å². The number of nitrogens with one attached hydrogen (secondary N) is 2. The second-order valence-corrected chi connectivity index (χ2v) is 5.49. The van der Waals surface area contributed by atoms with Gasteiger partial charge in [-0.2, -0.15) is 4.98 Å². The fourth-order valence-electron chi connectivity index (χ4n) is 2.67. The van der Waals surface area contributed by atoms with E-state index in [1.807, 2.05) is 13.2 Å². The lowest BCUT2D eigenvalue weighted by molar-refractivity contribution is 0.253. The maximum absolute atomic E-state index is 4.51. The molecular weight excluding hydrogens is 224 g/mol. The summed E-state index contributed by atoms with van der Waals surface area (Å²) in [5, 5.41) is 6.60. The summed E-state index contributed by atoms with van der Waals surface area (Å²) in [7, 11) is 1.85. The van der Waals surface area contributed by atoms with E-state index < -0.39 is 0 Å². The summed E-state index contributed by atoms with van der Waals surface area (Å²) >= 11 is 0.